The van der Waals surface area contributed by atoms with Gasteiger partial charge in [0.15, 0.2) is 0 Å². The lowest BCUT2D eigenvalue weighted by Gasteiger charge is -2.27. The summed E-state index contributed by atoms with van der Waals surface area (Å²) in [7, 11) is 0. The van der Waals surface area contributed by atoms with E-state index in [0.717, 1.165) is 5.69 Å². The van der Waals surface area contributed by atoms with Crippen molar-refractivity contribution in [3.63, 3.8) is 0 Å². The Bertz CT molecular complexity index is 567. The molecule has 0 aromatic carbocycles. The van der Waals surface area contributed by atoms with Gasteiger partial charge in [-0.3, -0.25) is 0 Å². The molecule has 0 radical (unpaired) electrons. The molecule has 0 aliphatic carbocycles. The van der Waals surface area contributed by atoms with E-state index in [1.54, 1.807) is 6.33 Å². The summed E-state index contributed by atoms with van der Waals surface area (Å²) in [6.45, 7) is 13.9. The summed E-state index contributed by atoms with van der Waals surface area (Å²) in [5, 5.41) is 2.23. The molecule has 160 valence electrons. The summed E-state index contributed by atoms with van der Waals surface area (Å²) < 4.78 is 0. The third-order valence-corrected chi connectivity index (χ3v) is 7.23. The number of rotatable bonds is 15. The Kier molecular flexibility index (Phi) is 12.1. The van der Waals surface area contributed by atoms with Crippen molar-refractivity contribution in [1.29, 1.82) is 0 Å². The van der Waals surface area contributed by atoms with Gasteiger partial charge in [-0.05, 0) is 42.2 Å². The molecule has 0 bridgehead atoms. The molecule has 2 nitrogen and oxygen atoms in total. The maximum absolute atomic E-state index is 4.58. The molecule has 1 aromatic rings. The average Bonchev–Trinajstić information content (AvgIpc) is 2.69. The topological polar surface area (TPSA) is 25.8 Å². The summed E-state index contributed by atoms with van der Waals surface area (Å²) in [6.07, 6.45) is 16.9. The number of aromatic nitrogens is 2. The smallest absolute Gasteiger partial charge is 0.116 e. The van der Waals surface area contributed by atoms with Crippen LogP contribution in [0.15, 0.2) is 17.8 Å². The number of unbranched alkanes of at least 4 members (excludes halogenated alkanes) is 5. The first-order valence-electron chi connectivity index (χ1n) is 11.5. The van der Waals surface area contributed by atoms with E-state index in [1.807, 2.05) is 11.8 Å². The quantitative estimate of drug-likeness (QED) is 0.274. The first-order valence-corrected chi connectivity index (χ1v) is 12.5. The molecule has 0 saturated carbocycles. The summed E-state index contributed by atoms with van der Waals surface area (Å²) >= 11 is 1.93. The van der Waals surface area contributed by atoms with Crippen molar-refractivity contribution >= 4 is 17.8 Å². The molecule has 0 amide bonds. The molecule has 1 unspecified atom stereocenters. The molecule has 28 heavy (non-hydrogen) atoms. The van der Waals surface area contributed by atoms with Gasteiger partial charge >= 0.3 is 0 Å². The van der Waals surface area contributed by atoms with Crippen LogP contribution in [0.4, 0.5) is 0 Å². The lowest BCUT2D eigenvalue weighted by atomic mass is 9.83. The summed E-state index contributed by atoms with van der Waals surface area (Å²) in [4.78, 5) is 9.05. The van der Waals surface area contributed by atoms with Crippen molar-refractivity contribution in [3.05, 3.63) is 29.2 Å². The van der Waals surface area contributed by atoms with Gasteiger partial charge in [-0.15, -0.1) is 11.8 Å². The first-order chi connectivity index (χ1) is 13.4. The predicted molar refractivity (Wildman–Crippen MR) is 128 cm³/mol. The van der Waals surface area contributed by atoms with Gasteiger partial charge in [0.2, 0.25) is 0 Å². The van der Waals surface area contributed by atoms with Crippen molar-refractivity contribution in [2.45, 2.75) is 111 Å². The lowest BCUT2D eigenvalue weighted by molar-refractivity contribution is 0.317. The maximum Gasteiger partial charge on any atom is 0.116 e. The van der Waals surface area contributed by atoms with E-state index in [4.69, 9.17) is 0 Å². The van der Waals surface area contributed by atoms with Crippen LogP contribution in [0.25, 0.3) is 6.08 Å². The monoisotopic (exact) mass is 404 g/mol. The molecule has 0 N–H and O–H groups in total. The molecule has 1 aromatic heterocycles. The lowest BCUT2D eigenvalue weighted by Crippen LogP contribution is -2.19. The highest BCUT2D eigenvalue weighted by molar-refractivity contribution is 8.02. The van der Waals surface area contributed by atoms with E-state index < -0.39 is 0 Å². The van der Waals surface area contributed by atoms with Crippen LogP contribution < -0.4 is 0 Å². The van der Waals surface area contributed by atoms with Gasteiger partial charge in [-0.2, -0.15) is 0 Å². The van der Waals surface area contributed by atoms with E-state index in [-0.39, 0.29) is 5.41 Å². The number of hydrogen-bond donors (Lipinski definition) is 0. The Morgan fingerprint density at radius 1 is 0.893 bits per heavy atom. The van der Waals surface area contributed by atoms with Crippen molar-refractivity contribution in [2.75, 3.05) is 5.75 Å². The molecule has 1 heterocycles. The van der Waals surface area contributed by atoms with E-state index >= 15 is 0 Å². The SMILES string of the molecule is CCCCCCC(C)(C)c1cc(/C=C/SCC(C)(CC)CCCCC)ncn1. The van der Waals surface area contributed by atoms with Crippen molar-refractivity contribution in [3.8, 4) is 0 Å². The fraction of sp³-hybridized carbons (Fsp3) is 0.760. The minimum Gasteiger partial charge on any atom is -0.241 e. The first kappa shape index (κ1) is 25.2. The highest BCUT2D eigenvalue weighted by atomic mass is 32.2. The molecular weight excluding hydrogens is 360 g/mol. The molecule has 3 heteroatoms. The molecule has 0 spiro atoms. The van der Waals surface area contributed by atoms with Gasteiger partial charge in [-0.1, -0.05) is 86.5 Å². The fourth-order valence-electron chi connectivity index (χ4n) is 3.48. The molecule has 0 saturated heterocycles. The van der Waals surface area contributed by atoms with Crippen molar-refractivity contribution in [1.82, 2.24) is 9.97 Å². The molecule has 0 aliphatic heterocycles. The van der Waals surface area contributed by atoms with Crippen LogP contribution in [0.2, 0.25) is 0 Å². The Balaban J connectivity index is 2.59. The molecule has 1 rings (SSSR count). The Labute approximate surface area is 179 Å². The van der Waals surface area contributed by atoms with Gasteiger partial charge in [0, 0.05) is 16.9 Å². The van der Waals surface area contributed by atoms with E-state index in [2.05, 4.69) is 69.1 Å². The van der Waals surface area contributed by atoms with Crippen LogP contribution in [-0.4, -0.2) is 15.7 Å². The number of hydrogen-bond acceptors (Lipinski definition) is 3. The minimum atomic E-state index is 0.118. The van der Waals surface area contributed by atoms with Crippen LogP contribution in [0, 0.1) is 5.41 Å². The number of nitrogens with zero attached hydrogens (tertiary/aromatic N) is 2. The van der Waals surface area contributed by atoms with Crippen LogP contribution in [0.1, 0.15) is 117 Å². The minimum absolute atomic E-state index is 0.118. The second-order valence-electron chi connectivity index (χ2n) is 9.26. The van der Waals surface area contributed by atoms with Crippen molar-refractivity contribution < 1.29 is 0 Å². The normalized spacial score (nSPS) is 14.5. The third kappa shape index (κ3) is 9.58. The summed E-state index contributed by atoms with van der Waals surface area (Å²) in [5.41, 5.74) is 2.76. The van der Waals surface area contributed by atoms with Crippen LogP contribution in [0.5, 0.6) is 0 Å². The maximum atomic E-state index is 4.58. The van der Waals surface area contributed by atoms with Crippen LogP contribution >= 0.6 is 11.8 Å². The van der Waals surface area contributed by atoms with Gasteiger partial charge in [0.1, 0.15) is 6.33 Å². The van der Waals surface area contributed by atoms with Crippen LogP contribution in [-0.2, 0) is 5.41 Å². The van der Waals surface area contributed by atoms with Gasteiger partial charge in [0.25, 0.3) is 0 Å². The number of thioether (sulfide) groups is 1. The summed E-state index contributed by atoms with van der Waals surface area (Å²) in [6, 6.07) is 2.18. The zero-order chi connectivity index (χ0) is 20.9. The second-order valence-corrected chi connectivity index (χ2v) is 10.2. The van der Waals surface area contributed by atoms with Crippen LogP contribution in [0.3, 0.4) is 0 Å². The Hall–Kier alpha value is -0.830. The standard InChI is InChI=1S/C25H44N2S/c1-7-10-12-14-16-24(4,5)23-19-22(26-21-27-23)15-18-28-20-25(6,9-3)17-13-11-8-2/h15,18-19,21H,7-14,16-17,20H2,1-6H3/b18-15+. The van der Waals surface area contributed by atoms with Gasteiger partial charge in [-0.25, -0.2) is 9.97 Å². The zero-order valence-corrected chi connectivity index (χ0v) is 20.2. The Morgan fingerprint density at radius 3 is 2.25 bits per heavy atom. The highest BCUT2D eigenvalue weighted by Gasteiger charge is 2.22. The average molecular weight is 405 g/mol. The summed E-state index contributed by atoms with van der Waals surface area (Å²) in [5.74, 6) is 1.19. The molecule has 0 aliphatic rings. The third-order valence-electron chi connectivity index (χ3n) is 6.04. The highest BCUT2D eigenvalue weighted by Crippen LogP contribution is 2.33. The van der Waals surface area contributed by atoms with Gasteiger partial charge in [0.05, 0.1) is 5.69 Å². The van der Waals surface area contributed by atoms with E-state index in [9.17, 15) is 0 Å². The molecular formula is C25H44N2S. The van der Waals surface area contributed by atoms with E-state index in [1.165, 1.54) is 75.7 Å². The predicted octanol–water partition coefficient (Wildman–Crippen LogP) is 8.43. The van der Waals surface area contributed by atoms with Crippen molar-refractivity contribution in [2.24, 2.45) is 5.41 Å². The zero-order valence-electron chi connectivity index (χ0n) is 19.4. The fourth-order valence-corrected chi connectivity index (χ4v) is 4.56. The largest absolute Gasteiger partial charge is 0.241 e. The molecule has 1 atom stereocenters. The van der Waals surface area contributed by atoms with E-state index in [0.29, 0.717) is 5.41 Å². The second kappa shape index (κ2) is 13.4. The molecule has 0 fully saturated rings. The Morgan fingerprint density at radius 2 is 1.57 bits per heavy atom. The van der Waals surface area contributed by atoms with Gasteiger partial charge < -0.3 is 0 Å².